The van der Waals surface area contributed by atoms with Crippen LogP contribution >= 0.6 is 15.9 Å². The second kappa shape index (κ2) is 7.33. The van der Waals surface area contributed by atoms with Crippen LogP contribution in [-0.2, 0) is 0 Å². The molecule has 136 valence electrons. The van der Waals surface area contributed by atoms with E-state index in [1.54, 1.807) is 36.7 Å². The Kier molecular flexibility index (Phi) is 4.94. The van der Waals surface area contributed by atoms with E-state index >= 15 is 0 Å². The van der Waals surface area contributed by atoms with Crippen LogP contribution in [0.3, 0.4) is 0 Å². The number of hydrogen-bond acceptors (Lipinski definition) is 6. The van der Waals surface area contributed by atoms with E-state index in [0.717, 1.165) is 22.7 Å². The van der Waals surface area contributed by atoms with Crippen LogP contribution in [0.1, 0.15) is 10.4 Å². The quantitative estimate of drug-likeness (QED) is 0.483. The van der Waals surface area contributed by atoms with Crippen molar-refractivity contribution >= 4 is 38.9 Å². The minimum atomic E-state index is -0.793. The number of aromatic nitrogens is 2. The molecule has 0 aliphatic heterocycles. The summed E-state index contributed by atoms with van der Waals surface area (Å²) in [5.41, 5.74) is -0.353. The zero-order valence-electron chi connectivity index (χ0n) is 13.4. The summed E-state index contributed by atoms with van der Waals surface area (Å²) in [6.45, 7) is 0. The van der Waals surface area contributed by atoms with E-state index in [0.29, 0.717) is 11.4 Å². The molecular weight excluding hydrogens is 422 g/mol. The van der Waals surface area contributed by atoms with Crippen molar-refractivity contribution in [3.05, 3.63) is 85.1 Å². The molecule has 0 aliphatic rings. The number of rotatable bonds is 5. The molecule has 1 N–H and O–H groups in total. The van der Waals surface area contributed by atoms with Gasteiger partial charge in [0.2, 0.25) is 0 Å². The predicted molar refractivity (Wildman–Crippen MR) is 99.0 cm³/mol. The van der Waals surface area contributed by atoms with E-state index in [1.165, 1.54) is 4.68 Å². The Labute approximate surface area is 159 Å². The first kappa shape index (κ1) is 18.2. The maximum atomic E-state index is 12.6. The first-order valence-corrected chi connectivity index (χ1v) is 8.19. The van der Waals surface area contributed by atoms with Crippen LogP contribution in [0.5, 0.6) is 0 Å². The Balaban J connectivity index is 1.97. The lowest BCUT2D eigenvalue weighted by atomic mass is 10.1. The minimum Gasteiger partial charge on any atom is -0.320 e. The molecule has 0 saturated carbocycles. The number of nitrogens with one attached hydrogen (secondary N) is 1. The van der Waals surface area contributed by atoms with Crippen LogP contribution in [0.4, 0.5) is 17.1 Å². The standard InChI is InChI=1S/C16H10BrN5O5/c17-11-8-18-20(9-11)15-4-2-1-3-14(15)19-16(23)10-5-12(21(24)25)7-13(6-10)22(26)27/h1-9H,(H,19,23). The van der Waals surface area contributed by atoms with Crippen molar-refractivity contribution in [2.75, 3.05) is 5.32 Å². The lowest BCUT2D eigenvalue weighted by Crippen LogP contribution is -2.14. The fourth-order valence-corrected chi connectivity index (χ4v) is 2.63. The summed E-state index contributed by atoms with van der Waals surface area (Å²) in [4.78, 5) is 32.9. The van der Waals surface area contributed by atoms with Crippen molar-refractivity contribution in [2.24, 2.45) is 0 Å². The van der Waals surface area contributed by atoms with Gasteiger partial charge in [-0.1, -0.05) is 12.1 Å². The van der Waals surface area contributed by atoms with Gasteiger partial charge in [-0.3, -0.25) is 25.0 Å². The number of nitro groups is 2. The van der Waals surface area contributed by atoms with Crippen LogP contribution in [0.2, 0.25) is 0 Å². The molecule has 27 heavy (non-hydrogen) atoms. The number of nitrogens with zero attached hydrogens (tertiary/aromatic N) is 4. The Morgan fingerprint density at radius 1 is 1.07 bits per heavy atom. The van der Waals surface area contributed by atoms with Gasteiger partial charge < -0.3 is 5.32 Å². The maximum absolute atomic E-state index is 12.6. The normalized spacial score (nSPS) is 10.4. The average Bonchev–Trinajstić information content (AvgIpc) is 3.07. The molecule has 3 rings (SSSR count). The van der Waals surface area contributed by atoms with E-state index < -0.39 is 27.1 Å². The summed E-state index contributed by atoms with van der Waals surface area (Å²) in [5, 5.41) is 28.7. The Bertz CT molecular complexity index is 1030. The number of para-hydroxylation sites is 2. The molecule has 0 bridgehead atoms. The lowest BCUT2D eigenvalue weighted by molar-refractivity contribution is -0.394. The molecule has 0 fully saturated rings. The van der Waals surface area contributed by atoms with Crippen LogP contribution in [0, 0.1) is 20.2 Å². The number of amides is 1. The number of non-ortho nitro benzene ring substituents is 2. The van der Waals surface area contributed by atoms with Crippen molar-refractivity contribution in [2.45, 2.75) is 0 Å². The first-order valence-electron chi connectivity index (χ1n) is 7.40. The highest BCUT2D eigenvalue weighted by Crippen LogP contribution is 2.25. The molecular formula is C16H10BrN5O5. The van der Waals surface area contributed by atoms with E-state index in [4.69, 9.17) is 0 Å². The number of nitro benzene ring substituents is 2. The third-order valence-electron chi connectivity index (χ3n) is 3.54. The largest absolute Gasteiger partial charge is 0.320 e. The molecule has 1 heterocycles. The Morgan fingerprint density at radius 3 is 2.26 bits per heavy atom. The molecule has 0 spiro atoms. The van der Waals surface area contributed by atoms with Crippen LogP contribution in [0.25, 0.3) is 5.69 Å². The molecule has 0 atom stereocenters. The Morgan fingerprint density at radius 2 is 1.70 bits per heavy atom. The average molecular weight is 432 g/mol. The van der Waals surface area contributed by atoms with Gasteiger partial charge in [0.15, 0.2) is 0 Å². The van der Waals surface area contributed by atoms with Crippen molar-refractivity contribution in [3.8, 4) is 5.69 Å². The molecule has 2 aromatic carbocycles. The minimum absolute atomic E-state index is 0.202. The number of anilines is 1. The summed E-state index contributed by atoms with van der Waals surface area (Å²) in [6.07, 6.45) is 3.26. The second-order valence-electron chi connectivity index (χ2n) is 5.33. The van der Waals surface area contributed by atoms with Gasteiger partial charge in [-0.15, -0.1) is 0 Å². The van der Waals surface area contributed by atoms with Crippen LogP contribution in [0.15, 0.2) is 59.3 Å². The third kappa shape index (κ3) is 3.98. The lowest BCUT2D eigenvalue weighted by Gasteiger charge is -2.11. The molecule has 11 heteroatoms. The molecule has 10 nitrogen and oxygen atoms in total. The van der Waals surface area contributed by atoms with Gasteiger partial charge >= 0.3 is 0 Å². The van der Waals surface area contributed by atoms with Gasteiger partial charge in [-0.25, -0.2) is 4.68 Å². The summed E-state index contributed by atoms with van der Waals surface area (Å²) in [5.74, 6) is -0.722. The van der Waals surface area contributed by atoms with Crippen molar-refractivity contribution in [3.63, 3.8) is 0 Å². The maximum Gasteiger partial charge on any atom is 0.277 e. The molecule has 0 aliphatic carbocycles. The molecule has 3 aromatic rings. The monoisotopic (exact) mass is 431 g/mol. The van der Waals surface area contributed by atoms with Gasteiger partial charge in [-0.2, -0.15) is 5.10 Å². The van der Waals surface area contributed by atoms with Gasteiger partial charge in [0.25, 0.3) is 17.3 Å². The zero-order valence-corrected chi connectivity index (χ0v) is 15.0. The van der Waals surface area contributed by atoms with Gasteiger partial charge in [0.1, 0.15) is 0 Å². The second-order valence-corrected chi connectivity index (χ2v) is 6.24. The highest BCUT2D eigenvalue weighted by molar-refractivity contribution is 9.10. The SMILES string of the molecule is O=C(Nc1ccccc1-n1cc(Br)cn1)c1cc([N+](=O)[O-])cc([N+](=O)[O-])c1. The predicted octanol–water partition coefficient (Wildman–Crippen LogP) is 3.70. The first-order chi connectivity index (χ1) is 12.8. The molecule has 0 unspecified atom stereocenters. The summed E-state index contributed by atoms with van der Waals surface area (Å²) in [7, 11) is 0. The molecule has 0 radical (unpaired) electrons. The number of benzene rings is 2. The van der Waals surface area contributed by atoms with E-state index in [-0.39, 0.29) is 5.56 Å². The zero-order chi connectivity index (χ0) is 19.6. The van der Waals surface area contributed by atoms with Gasteiger partial charge in [-0.05, 0) is 28.1 Å². The van der Waals surface area contributed by atoms with Crippen LogP contribution in [-0.4, -0.2) is 25.5 Å². The fraction of sp³-hybridized carbons (Fsp3) is 0. The van der Waals surface area contributed by atoms with Crippen molar-refractivity contribution in [1.82, 2.24) is 9.78 Å². The van der Waals surface area contributed by atoms with Crippen molar-refractivity contribution in [1.29, 1.82) is 0 Å². The van der Waals surface area contributed by atoms with Crippen LogP contribution < -0.4 is 5.32 Å². The fourth-order valence-electron chi connectivity index (χ4n) is 2.34. The smallest absolute Gasteiger partial charge is 0.277 e. The van der Waals surface area contributed by atoms with E-state index in [9.17, 15) is 25.0 Å². The van der Waals surface area contributed by atoms with E-state index in [2.05, 4.69) is 26.3 Å². The van der Waals surface area contributed by atoms with E-state index in [1.807, 2.05) is 0 Å². The molecule has 0 saturated heterocycles. The molecule has 1 aromatic heterocycles. The van der Waals surface area contributed by atoms with Gasteiger partial charge in [0.05, 0.1) is 43.5 Å². The number of carbonyl (C=O) groups is 1. The molecule has 1 amide bonds. The van der Waals surface area contributed by atoms with Crippen molar-refractivity contribution < 1.29 is 14.6 Å². The highest BCUT2D eigenvalue weighted by atomic mass is 79.9. The summed E-state index contributed by atoms with van der Waals surface area (Å²) in [6, 6.07) is 9.53. The number of halogens is 1. The Hall–Kier alpha value is -3.60. The number of carbonyl (C=O) groups excluding carboxylic acids is 1. The highest BCUT2D eigenvalue weighted by Gasteiger charge is 2.20. The number of hydrogen-bond donors (Lipinski definition) is 1. The third-order valence-corrected chi connectivity index (χ3v) is 3.95. The summed E-state index contributed by atoms with van der Waals surface area (Å²) < 4.78 is 2.26. The van der Waals surface area contributed by atoms with Gasteiger partial charge in [0, 0.05) is 18.3 Å². The topological polar surface area (TPSA) is 133 Å². The summed E-state index contributed by atoms with van der Waals surface area (Å²) >= 11 is 3.29.